The monoisotopic (exact) mass is 213 g/mol. The Hall–Kier alpha value is -1.77. The van der Waals surface area contributed by atoms with Gasteiger partial charge in [0, 0.05) is 23.4 Å². The van der Waals surface area contributed by atoms with Crippen molar-refractivity contribution in [1.82, 2.24) is 10.2 Å². The smallest absolute Gasteiger partial charge is 0.0660 e. The van der Waals surface area contributed by atoms with Gasteiger partial charge in [-0.15, -0.1) is 0 Å². The van der Waals surface area contributed by atoms with Crippen LogP contribution in [0.4, 0.5) is 5.69 Å². The number of H-pyrrole nitrogens is 1. The summed E-state index contributed by atoms with van der Waals surface area (Å²) in [5.74, 6) is 0.489. The van der Waals surface area contributed by atoms with Crippen LogP contribution in [0.1, 0.15) is 35.6 Å². The number of hydrogen-bond acceptors (Lipinski definition) is 2. The number of nitrogens with one attached hydrogen (secondary N) is 1. The highest BCUT2D eigenvalue weighted by Gasteiger charge is 2.23. The second-order valence-corrected chi connectivity index (χ2v) is 4.40. The Morgan fingerprint density at radius 1 is 1.25 bits per heavy atom. The zero-order valence-electron chi connectivity index (χ0n) is 9.11. The van der Waals surface area contributed by atoms with Gasteiger partial charge in [0.2, 0.25) is 0 Å². The maximum absolute atomic E-state index is 5.71. The Bertz CT molecular complexity index is 484. The topological polar surface area (TPSA) is 54.7 Å². The Morgan fingerprint density at radius 3 is 2.88 bits per heavy atom. The first-order valence-corrected chi connectivity index (χ1v) is 5.72. The minimum absolute atomic E-state index is 0.489. The molecule has 3 nitrogen and oxygen atoms in total. The number of fused-ring (bicyclic) bond motifs is 1. The summed E-state index contributed by atoms with van der Waals surface area (Å²) in [6.07, 6.45) is 5.56. The normalized spacial score (nSPS) is 19.4. The Kier molecular flexibility index (Phi) is 2.17. The molecule has 1 aliphatic carbocycles. The molecule has 0 aliphatic heterocycles. The van der Waals surface area contributed by atoms with Crippen molar-refractivity contribution in [3.8, 4) is 0 Å². The molecule has 0 saturated heterocycles. The van der Waals surface area contributed by atoms with E-state index in [9.17, 15) is 0 Å². The number of aryl methyl sites for hydroxylation is 1. The van der Waals surface area contributed by atoms with E-state index in [1.165, 1.54) is 29.7 Å². The summed E-state index contributed by atoms with van der Waals surface area (Å²) in [5.41, 5.74) is 10.5. The van der Waals surface area contributed by atoms with E-state index in [0.29, 0.717) is 5.92 Å². The van der Waals surface area contributed by atoms with Crippen molar-refractivity contribution in [1.29, 1.82) is 0 Å². The van der Waals surface area contributed by atoms with E-state index in [0.717, 1.165) is 12.1 Å². The highest BCUT2D eigenvalue weighted by molar-refractivity contribution is 5.43. The third-order valence-corrected chi connectivity index (χ3v) is 3.37. The minimum Gasteiger partial charge on any atom is -0.399 e. The van der Waals surface area contributed by atoms with Gasteiger partial charge in [-0.25, -0.2) is 0 Å². The fourth-order valence-electron chi connectivity index (χ4n) is 2.53. The molecule has 0 saturated carbocycles. The van der Waals surface area contributed by atoms with Gasteiger partial charge in [0.15, 0.2) is 0 Å². The Morgan fingerprint density at radius 2 is 2.06 bits per heavy atom. The van der Waals surface area contributed by atoms with Gasteiger partial charge in [-0.2, -0.15) is 5.10 Å². The molecule has 0 radical (unpaired) electrons. The number of hydrogen-bond donors (Lipinski definition) is 2. The van der Waals surface area contributed by atoms with Crippen LogP contribution < -0.4 is 5.73 Å². The van der Waals surface area contributed by atoms with Crippen molar-refractivity contribution >= 4 is 5.69 Å². The van der Waals surface area contributed by atoms with Crippen LogP contribution >= 0.6 is 0 Å². The predicted molar refractivity (Wildman–Crippen MR) is 64.2 cm³/mol. The first-order valence-electron chi connectivity index (χ1n) is 5.72. The molecular weight excluding hydrogens is 198 g/mol. The summed E-state index contributed by atoms with van der Waals surface area (Å²) in [5, 5.41) is 7.28. The number of anilines is 1. The number of nitrogens with zero attached hydrogens (tertiary/aromatic N) is 1. The van der Waals surface area contributed by atoms with Crippen molar-refractivity contribution in [3.05, 3.63) is 47.3 Å². The zero-order valence-corrected chi connectivity index (χ0v) is 9.11. The second-order valence-electron chi connectivity index (χ2n) is 4.40. The molecule has 0 amide bonds. The molecule has 1 aliphatic rings. The van der Waals surface area contributed by atoms with Crippen LogP contribution in [-0.4, -0.2) is 10.2 Å². The van der Waals surface area contributed by atoms with Gasteiger partial charge in [-0.1, -0.05) is 12.1 Å². The maximum Gasteiger partial charge on any atom is 0.0660 e. The summed E-state index contributed by atoms with van der Waals surface area (Å²) in [6, 6.07) is 8.21. The van der Waals surface area contributed by atoms with Crippen LogP contribution in [0.5, 0.6) is 0 Å². The summed E-state index contributed by atoms with van der Waals surface area (Å²) >= 11 is 0. The van der Waals surface area contributed by atoms with E-state index in [-0.39, 0.29) is 0 Å². The summed E-state index contributed by atoms with van der Waals surface area (Å²) in [4.78, 5) is 0. The lowest BCUT2D eigenvalue weighted by atomic mass is 9.82. The van der Waals surface area contributed by atoms with Crippen molar-refractivity contribution < 1.29 is 0 Å². The summed E-state index contributed by atoms with van der Waals surface area (Å²) < 4.78 is 0. The van der Waals surface area contributed by atoms with Gasteiger partial charge in [-0.05, 0) is 37.0 Å². The number of nitrogen functional groups attached to an aromatic ring is 1. The molecule has 1 heterocycles. The first kappa shape index (κ1) is 9.46. The second kappa shape index (κ2) is 3.67. The quantitative estimate of drug-likeness (QED) is 0.715. The van der Waals surface area contributed by atoms with Crippen LogP contribution in [0.15, 0.2) is 30.5 Å². The van der Waals surface area contributed by atoms with Gasteiger partial charge in [0.25, 0.3) is 0 Å². The van der Waals surface area contributed by atoms with Crippen LogP contribution in [0.2, 0.25) is 0 Å². The predicted octanol–water partition coefficient (Wildman–Crippen LogP) is 2.46. The Labute approximate surface area is 94.7 Å². The molecule has 1 aromatic heterocycles. The maximum atomic E-state index is 5.71. The molecular formula is C13H15N3. The molecule has 3 N–H and O–H groups in total. The van der Waals surface area contributed by atoms with Gasteiger partial charge in [0.1, 0.15) is 0 Å². The fraction of sp³-hybridized carbons (Fsp3) is 0.308. The molecule has 3 heteroatoms. The van der Waals surface area contributed by atoms with E-state index in [1.807, 2.05) is 18.3 Å². The lowest BCUT2D eigenvalue weighted by molar-refractivity contribution is 0.610. The van der Waals surface area contributed by atoms with Crippen LogP contribution in [0.25, 0.3) is 0 Å². The number of benzene rings is 1. The fourth-order valence-corrected chi connectivity index (χ4v) is 2.53. The highest BCUT2D eigenvalue weighted by atomic mass is 15.1. The van der Waals surface area contributed by atoms with Gasteiger partial charge >= 0.3 is 0 Å². The molecule has 1 aromatic carbocycles. The first-order chi connectivity index (χ1) is 7.84. The van der Waals surface area contributed by atoms with E-state index < -0.39 is 0 Å². The average Bonchev–Trinajstić information content (AvgIpc) is 2.78. The molecule has 82 valence electrons. The number of rotatable bonds is 1. The van der Waals surface area contributed by atoms with E-state index in [4.69, 9.17) is 5.73 Å². The van der Waals surface area contributed by atoms with Crippen LogP contribution in [0.3, 0.4) is 0 Å². The standard InChI is InChI=1S/C13H15N3/c14-10-6-4-9(5-7-10)11-2-1-3-13-12(11)8-15-16-13/h4-8,11H,1-3,14H2,(H,15,16)/t11-/m1/s1. The minimum atomic E-state index is 0.489. The number of aromatic amines is 1. The van der Waals surface area contributed by atoms with E-state index >= 15 is 0 Å². The molecule has 0 bridgehead atoms. The summed E-state index contributed by atoms with van der Waals surface area (Å²) in [6.45, 7) is 0. The van der Waals surface area contributed by atoms with E-state index in [1.54, 1.807) is 0 Å². The summed E-state index contributed by atoms with van der Waals surface area (Å²) in [7, 11) is 0. The van der Waals surface area contributed by atoms with Crippen molar-refractivity contribution in [2.75, 3.05) is 5.73 Å². The van der Waals surface area contributed by atoms with Gasteiger partial charge in [0.05, 0.1) is 5.69 Å². The van der Waals surface area contributed by atoms with Crippen molar-refractivity contribution in [2.45, 2.75) is 25.2 Å². The molecule has 1 atom stereocenters. The number of nitrogens with two attached hydrogens (primary N) is 1. The molecule has 16 heavy (non-hydrogen) atoms. The number of aromatic nitrogens is 2. The van der Waals surface area contributed by atoms with Crippen molar-refractivity contribution in [3.63, 3.8) is 0 Å². The van der Waals surface area contributed by atoms with Crippen LogP contribution in [-0.2, 0) is 6.42 Å². The van der Waals surface area contributed by atoms with Crippen LogP contribution in [0, 0.1) is 0 Å². The highest BCUT2D eigenvalue weighted by Crippen LogP contribution is 2.35. The van der Waals surface area contributed by atoms with Gasteiger partial charge < -0.3 is 5.73 Å². The molecule has 0 unspecified atom stereocenters. The third-order valence-electron chi connectivity index (χ3n) is 3.37. The molecule has 0 spiro atoms. The Balaban J connectivity index is 2.00. The molecule has 3 rings (SSSR count). The average molecular weight is 213 g/mol. The molecule has 2 aromatic rings. The van der Waals surface area contributed by atoms with E-state index in [2.05, 4.69) is 22.3 Å². The van der Waals surface area contributed by atoms with Gasteiger partial charge in [-0.3, -0.25) is 5.10 Å². The molecule has 0 fully saturated rings. The van der Waals surface area contributed by atoms with Crippen molar-refractivity contribution in [2.24, 2.45) is 0 Å². The zero-order chi connectivity index (χ0) is 11.0. The SMILES string of the molecule is Nc1ccc([C@H]2CCCc3n[nH]cc32)cc1. The lowest BCUT2D eigenvalue weighted by Crippen LogP contribution is -2.09. The largest absolute Gasteiger partial charge is 0.399 e. The lowest BCUT2D eigenvalue weighted by Gasteiger charge is -2.21. The third kappa shape index (κ3) is 1.48.